The van der Waals surface area contributed by atoms with Gasteiger partial charge in [0.2, 0.25) is 5.91 Å². The lowest BCUT2D eigenvalue weighted by atomic mass is 9.99. The number of aryl methyl sites for hydroxylation is 1. The summed E-state index contributed by atoms with van der Waals surface area (Å²) in [5, 5.41) is 0. The van der Waals surface area contributed by atoms with Crippen molar-refractivity contribution < 1.29 is 9.59 Å². The van der Waals surface area contributed by atoms with Crippen LogP contribution in [-0.2, 0) is 9.59 Å². The zero-order valence-electron chi connectivity index (χ0n) is 16.6. The number of thiocarbonyl (C=S) groups is 1. The third kappa shape index (κ3) is 5.03. The van der Waals surface area contributed by atoms with Crippen molar-refractivity contribution in [2.24, 2.45) is 0 Å². The first kappa shape index (κ1) is 21.1. The monoisotopic (exact) mass is 416 g/mol. The first-order valence-corrected chi connectivity index (χ1v) is 11.3. The van der Waals surface area contributed by atoms with Crippen molar-refractivity contribution in [3.05, 3.63) is 40.3 Å². The minimum absolute atomic E-state index is 0.0487. The van der Waals surface area contributed by atoms with E-state index in [1.807, 2.05) is 42.2 Å². The van der Waals surface area contributed by atoms with E-state index in [9.17, 15) is 9.59 Å². The number of nitrogens with zero attached hydrogens (tertiary/aromatic N) is 2. The summed E-state index contributed by atoms with van der Waals surface area (Å²) in [6.45, 7) is 5.57. The standard InChI is InChI=1S/C22H28N2O2S2/c1-3-18-7-4-5-13-23(18)20(25)8-6-14-24-21(26)19(28-22(24)27)15-17-11-9-16(2)10-12-17/h9-12,15,18H,3-8,13-14H2,1-2H3/b19-15-/t18-/m0/s1. The molecule has 4 nitrogen and oxygen atoms in total. The van der Waals surface area contributed by atoms with E-state index in [-0.39, 0.29) is 11.8 Å². The maximum Gasteiger partial charge on any atom is 0.266 e. The van der Waals surface area contributed by atoms with E-state index >= 15 is 0 Å². The third-order valence-corrected chi connectivity index (χ3v) is 6.82. The number of carbonyl (C=O) groups excluding carboxylic acids is 2. The van der Waals surface area contributed by atoms with Gasteiger partial charge >= 0.3 is 0 Å². The van der Waals surface area contributed by atoms with Gasteiger partial charge in [-0.15, -0.1) is 0 Å². The first-order chi connectivity index (χ1) is 13.5. The number of hydrogen-bond donors (Lipinski definition) is 0. The quantitative estimate of drug-likeness (QED) is 0.495. The molecule has 1 aromatic carbocycles. The number of carbonyl (C=O) groups is 2. The molecule has 2 fully saturated rings. The van der Waals surface area contributed by atoms with Crippen LogP contribution in [0.15, 0.2) is 29.2 Å². The van der Waals surface area contributed by atoms with E-state index in [0.29, 0.717) is 34.7 Å². The SMILES string of the molecule is CC[C@H]1CCCCN1C(=O)CCCN1C(=O)/C(=C/c2ccc(C)cc2)SC1=S. The van der Waals surface area contributed by atoms with E-state index < -0.39 is 0 Å². The summed E-state index contributed by atoms with van der Waals surface area (Å²) in [4.78, 5) is 29.7. The lowest BCUT2D eigenvalue weighted by Crippen LogP contribution is -2.43. The van der Waals surface area contributed by atoms with Crippen LogP contribution in [0.4, 0.5) is 0 Å². The molecule has 2 aliphatic heterocycles. The van der Waals surface area contributed by atoms with E-state index in [1.54, 1.807) is 4.90 Å². The molecule has 0 radical (unpaired) electrons. The zero-order valence-corrected chi connectivity index (χ0v) is 18.3. The molecule has 0 N–H and O–H groups in total. The molecule has 2 aliphatic rings. The van der Waals surface area contributed by atoms with Gasteiger partial charge in [0.1, 0.15) is 4.32 Å². The van der Waals surface area contributed by atoms with Crippen molar-refractivity contribution in [1.29, 1.82) is 0 Å². The van der Waals surface area contributed by atoms with Crippen molar-refractivity contribution in [1.82, 2.24) is 9.80 Å². The van der Waals surface area contributed by atoms with Crippen LogP contribution in [-0.4, -0.2) is 45.1 Å². The van der Waals surface area contributed by atoms with E-state index in [4.69, 9.17) is 12.2 Å². The van der Waals surface area contributed by atoms with Crippen molar-refractivity contribution in [3.63, 3.8) is 0 Å². The molecule has 6 heteroatoms. The van der Waals surface area contributed by atoms with Crippen molar-refractivity contribution in [2.75, 3.05) is 13.1 Å². The zero-order chi connectivity index (χ0) is 20.1. The number of piperidine rings is 1. The number of hydrogen-bond acceptors (Lipinski definition) is 4. The van der Waals surface area contributed by atoms with Crippen LogP contribution >= 0.6 is 24.0 Å². The average Bonchev–Trinajstić information content (AvgIpc) is 2.96. The largest absolute Gasteiger partial charge is 0.340 e. The second kappa shape index (κ2) is 9.70. The first-order valence-electron chi connectivity index (χ1n) is 10.1. The Kier molecular flexibility index (Phi) is 7.30. The maximum atomic E-state index is 12.7. The topological polar surface area (TPSA) is 40.6 Å². The second-order valence-corrected chi connectivity index (χ2v) is 9.17. The number of amides is 2. The summed E-state index contributed by atoms with van der Waals surface area (Å²) < 4.78 is 0.584. The Morgan fingerprint density at radius 3 is 2.75 bits per heavy atom. The van der Waals surface area contributed by atoms with Gasteiger partial charge in [-0.2, -0.15) is 0 Å². The Morgan fingerprint density at radius 1 is 1.29 bits per heavy atom. The highest BCUT2D eigenvalue weighted by atomic mass is 32.2. The van der Waals surface area contributed by atoms with Gasteiger partial charge in [0.25, 0.3) is 5.91 Å². The second-order valence-electron chi connectivity index (χ2n) is 7.49. The number of rotatable bonds is 6. The van der Waals surface area contributed by atoms with Gasteiger partial charge in [0.15, 0.2) is 0 Å². The molecule has 2 heterocycles. The molecule has 1 aromatic rings. The average molecular weight is 417 g/mol. The molecule has 0 bridgehead atoms. The molecule has 28 heavy (non-hydrogen) atoms. The third-order valence-electron chi connectivity index (χ3n) is 5.44. The predicted molar refractivity (Wildman–Crippen MR) is 120 cm³/mol. The Labute approximate surface area is 177 Å². The van der Waals surface area contributed by atoms with Gasteiger partial charge in [-0.1, -0.05) is 60.7 Å². The van der Waals surface area contributed by atoms with Gasteiger partial charge in [-0.05, 0) is 50.7 Å². The number of thioether (sulfide) groups is 1. The van der Waals surface area contributed by atoms with Crippen molar-refractivity contribution >= 4 is 46.2 Å². The molecule has 1 atom stereocenters. The minimum Gasteiger partial charge on any atom is -0.340 e. The van der Waals surface area contributed by atoms with Crippen LogP contribution in [0.3, 0.4) is 0 Å². The summed E-state index contributed by atoms with van der Waals surface area (Å²) in [5.74, 6) is 0.166. The van der Waals surface area contributed by atoms with Gasteiger partial charge < -0.3 is 4.90 Å². The smallest absolute Gasteiger partial charge is 0.266 e. The minimum atomic E-state index is -0.0487. The molecular weight excluding hydrogens is 388 g/mol. The fourth-order valence-corrected chi connectivity index (χ4v) is 5.10. The van der Waals surface area contributed by atoms with Crippen LogP contribution < -0.4 is 0 Å². The molecule has 0 spiro atoms. The molecule has 0 saturated carbocycles. The Morgan fingerprint density at radius 2 is 2.04 bits per heavy atom. The lowest BCUT2D eigenvalue weighted by Gasteiger charge is -2.35. The van der Waals surface area contributed by atoms with E-state index in [2.05, 4.69) is 6.92 Å². The lowest BCUT2D eigenvalue weighted by molar-refractivity contribution is -0.135. The fourth-order valence-electron chi connectivity index (χ4n) is 3.79. The Balaban J connectivity index is 1.54. The van der Waals surface area contributed by atoms with Crippen LogP contribution in [0, 0.1) is 6.92 Å². The Hall–Kier alpha value is -1.66. The molecule has 150 valence electrons. The van der Waals surface area contributed by atoms with Crippen molar-refractivity contribution in [2.45, 2.75) is 58.4 Å². The van der Waals surface area contributed by atoms with Crippen LogP contribution in [0.25, 0.3) is 6.08 Å². The summed E-state index contributed by atoms with van der Waals surface area (Å²) in [6.07, 6.45) is 7.46. The molecule has 0 unspecified atom stereocenters. The summed E-state index contributed by atoms with van der Waals surface area (Å²) >= 11 is 6.75. The van der Waals surface area contributed by atoms with E-state index in [1.165, 1.54) is 23.7 Å². The molecule has 0 aromatic heterocycles. The van der Waals surface area contributed by atoms with Gasteiger partial charge in [-0.3, -0.25) is 14.5 Å². The number of likely N-dealkylation sites (tertiary alicyclic amines) is 1. The van der Waals surface area contributed by atoms with Crippen LogP contribution in [0.1, 0.15) is 56.6 Å². The summed E-state index contributed by atoms with van der Waals surface area (Å²) in [6, 6.07) is 8.45. The highest BCUT2D eigenvalue weighted by Crippen LogP contribution is 2.32. The number of benzene rings is 1. The van der Waals surface area contributed by atoms with Crippen LogP contribution in [0.5, 0.6) is 0 Å². The normalized spacial score (nSPS) is 21.6. The highest BCUT2D eigenvalue weighted by Gasteiger charge is 2.32. The molecule has 2 amide bonds. The molecule has 2 saturated heterocycles. The highest BCUT2D eigenvalue weighted by molar-refractivity contribution is 8.26. The Bertz CT molecular complexity index is 773. The van der Waals surface area contributed by atoms with Gasteiger partial charge in [-0.25, -0.2) is 0 Å². The fraction of sp³-hybridized carbons (Fsp3) is 0.500. The van der Waals surface area contributed by atoms with Crippen LogP contribution in [0.2, 0.25) is 0 Å². The molecular formula is C22H28N2O2S2. The predicted octanol–water partition coefficient (Wildman–Crippen LogP) is 4.77. The molecule has 3 rings (SSSR count). The van der Waals surface area contributed by atoms with Gasteiger partial charge in [0.05, 0.1) is 4.91 Å². The van der Waals surface area contributed by atoms with Gasteiger partial charge in [0, 0.05) is 25.6 Å². The van der Waals surface area contributed by atoms with E-state index in [0.717, 1.165) is 31.4 Å². The maximum absolute atomic E-state index is 12.7. The molecule has 0 aliphatic carbocycles. The van der Waals surface area contributed by atoms with Crippen molar-refractivity contribution in [3.8, 4) is 0 Å². The summed E-state index contributed by atoms with van der Waals surface area (Å²) in [5.41, 5.74) is 2.19. The summed E-state index contributed by atoms with van der Waals surface area (Å²) in [7, 11) is 0.